The van der Waals surface area contributed by atoms with Crippen LogP contribution in [0, 0.1) is 13.8 Å². The van der Waals surface area contributed by atoms with Gasteiger partial charge in [-0.2, -0.15) is 0 Å². The van der Waals surface area contributed by atoms with Crippen molar-refractivity contribution in [1.82, 2.24) is 5.32 Å². The standard InChI is InChI=1S/C19H29NO2/c1-15-11-12-18(16(2)14-15)22-13-7-10-19(21)20-17-8-5-3-4-6-9-17/h11-12,14,17H,3-10,13H2,1-2H3,(H,20,21). The number of aryl methyl sites for hydroxylation is 2. The Balaban J connectivity index is 1.64. The third kappa shape index (κ3) is 5.70. The first-order valence-electron chi connectivity index (χ1n) is 8.64. The van der Waals surface area contributed by atoms with E-state index in [0.29, 0.717) is 19.1 Å². The number of nitrogens with one attached hydrogen (secondary N) is 1. The lowest BCUT2D eigenvalue weighted by atomic mass is 10.1. The van der Waals surface area contributed by atoms with Crippen LogP contribution in [0.4, 0.5) is 0 Å². The third-order valence-corrected chi connectivity index (χ3v) is 4.36. The van der Waals surface area contributed by atoms with Gasteiger partial charge < -0.3 is 10.1 Å². The van der Waals surface area contributed by atoms with Gasteiger partial charge in [0.15, 0.2) is 0 Å². The zero-order chi connectivity index (χ0) is 15.8. The number of rotatable bonds is 6. The first-order chi connectivity index (χ1) is 10.6. The average molecular weight is 303 g/mol. The number of carbonyl (C=O) groups is 1. The van der Waals surface area contributed by atoms with Crippen molar-refractivity contribution in [2.75, 3.05) is 6.61 Å². The Morgan fingerprint density at radius 1 is 1.18 bits per heavy atom. The van der Waals surface area contributed by atoms with Gasteiger partial charge in [-0.3, -0.25) is 4.79 Å². The lowest BCUT2D eigenvalue weighted by Gasteiger charge is -2.16. The van der Waals surface area contributed by atoms with Gasteiger partial charge in [-0.05, 0) is 44.7 Å². The van der Waals surface area contributed by atoms with E-state index in [4.69, 9.17) is 4.74 Å². The van der Waals surface area contributed by atoms with Crippen LogP contribution in [0.3, 0.4) is 0 Å². The molecule has 1 aromatic carbocycles. The highest BCUT2D eigenvalue weighted by atomic mass is 16.5. The van der Waals surface area contributed by atoms with Gasteiger partial charge in [0, 0.05) is 12.5 Å². The van der Waals surface area contributed by atoms with E-state index in [2.05, 4.69) is 31.3 Å². The summed E-state index contributed by atoms with van der Waals surface area (Å²) in [5, 5.41) is 3.18. The number of ether oxygens (including phenoxy) is 1. The van der Waals surface area contributed by atoms with Crippen LogP contribution in [0.25, 0.3) is 0 Å². The smallest absolute Gasteiger partial charge is 0.220 e. The van der Waals surface area contributed by atoms with Crippen molar-refractivity contribution >= 4 is 5.91 Å². The minimum absolute atomic E-state index is 0.177. The highest BCUT2D eigenvalue weighted by molar-refractivity contribution is 5.76. The van der Waals surface area contributed by atoms with E-state index in [9.17, 15) is 4.79 Å². The topological polar surface area (TPSA) is 38.3 Å². The Labute approximate surface area is 134 Å². The minimum atomic E-state index is 0.177. The van der Waals surface area contributed by atoms with Crippen LogP contribution in [0.15, 0.2) is 18.2 Å². The average Bonchev–Trinajstić information content (AvgIpc) is 2.74. The van der Waals surface area contributed by atoms with Crippen LogP contribution in [-0.2, 0) is 4.79 Å². The number of benzene rings is 1. The van der Waals surface area contributed by atoms with Gasteiger partial charge in [0.25, 0.3) is 0 Å². The van der Waals surface area contributed by atoms with E-state index in [1.807, 2.05) is 6.07 Å². The van der Waals surface area contributed by atoms with Crippen LogP contribution in [0.5, 0.6) is 5.75 Å². The highest BCUT2D eigenvalue weighted by Gasteiger charge is 2.14. The molecular formula is C19H29NO2. The fourth-order valence-corrected chi connectivity index (χ4v) is 3.10. The summed E-state index contributed by atoms with van der Waals surface area (Å²) < 4.78 is 5.77. The predicted molar refractivity (Wildman–Crippen MR) is 90.3 cm³/mol. The molecule has 0 unspecified atom stereocenters. The van der Waals surface area contributed by atoms with Crippen LogP contribution in [0.2, 0.25) is 0 Å². The van der Waals surface area contributed by atoms with Gasteiger partial charge in [-0.15, -0.1) is 0 Å². The maximum Gasteiger partial charge on any atom is 0.220 e. The predicted octanol–water partition coefficient (Wildman–Crippen LogP) is 4.30. The molecule has 0 radical (unpaired) electrons. The fraction of sp³-hybridized carbons (Fsp3) is 0.632. The van der Waals surface area contributed by atoms with Crippen molar-refractivity contribution in [2.45, 2.75) is 71.3 Å². The quantitative estimate of drug-likeness (QED) is 0.628. The van der Waals surface area contributed by atoms with Gasteiger partial charge >= 0.3 is 0 Å². The molecule has 0 atom stereocenters. The zero-order valence-electron chi connectivity index (χ0n) is 14.0. The number of amides is 1. The van der Waals surface area contributed by atoms with Gasteiger partial charge in [-0.1, -0.05) is 43.4 Å². The minimum Gasteiger partial charge on any atom is -0.493 e. The van der Waals surface area contributed by atoms with Crippen molar-refractivity contribution in [3.63, 3.8) is 0 Å². The molecule has 0 spiro atoms. The largest absolute Gasteiger partial charge is 0.493 e. The first kappa shape index (κ1) is 16.9. The van der Waals surface area contributed by atoms with Crippen molar-refractivity contribution in [1.29, 1.82) is 0 Å². The number of hydrogen-bond donors (Lipinski definition) is 1. The lowest BCUT2D eigenvalue weighted by molar-refractivity contribution is -0.122. The van der Waals surface area contributed by atoms with Crippen LogP contribution in [-0.4, -0.2) is 18.6 Å². The molecule has 2 rings (SSSR count). The van der Waals surface area contributed by atoms with E-state index in [0.717, 1.165) is 30.6 Å². The van der Waals surface area contributed by atoms with E-state index >= 15 is 0 Å². The number of carbonyl (C=O) groups excluding carboxylic acids is 1. The lowest BCUT2D eigenvalue weighted by Crippen LogP contribution is -2.34. The third-order valence-electron chi connectivity index (χ3n) is 4.36. The molecule has 1 aliphatic carbocycles. The van der Waals surface area contributed by atoms with E-state index in [1.165, 1.54) is 31.2 Å². The molecule has 1 fully saturated rings. The SMILES string of the molecule is Cc1ccc(OCCCC(=O)NC2CCCCCC2)c(C)c1. The molecule has 1 saturated carbocycles. The maximum atomic E-state index is 12.0. The summed E-state index contributed by atoms with van der Waals surface area (Å²) in [7, 11) is 0. The van der Waals surface area contributed by atoms with Gasteiger partial charge in [0.05, 0.1) is 6.61 Å². The molecule has 1 aromatic rings. The van der Waals surface area contributed by atoms with Crippen LogP contribution in [0.1, 0.15) is 62.5 Å². The summed E-state index contributed by atoms with van der Waals surface area (Å²) in [6, 6.07) is 6.58. The Morgan fingerprint density at radius 3 is 2.59 bits per heavy atom. The Kier molecular flexibility index (Phi) is 6.75. The van der Waals surface area contributed by atoms with E-state index < -0.39 is 0 Å². The summed E-state index contributed by atoms with van der Waals surface area (Å²) in [6.07, 6.45) is 8.75. The molecule has 0 saturated heterocycles. The monoisotopic (exact) mass is 303 g/mol. The number of hydrogen-bond acceptors (Lipinski definition) is 2. The van der Waals surface area contributed by atoms with Crippen molar-refractivity contribution in [3.8, 4) is 5.75 Å². The molecule has 22 heavy (non-hydrogen) atoms. The normalized spacial score (nSPS) is 16.1. The second kappa shape index (κ2) is 8.82. The molecule has 122 valence electrons. The molecule has 3 heteroatoms. The second-order valence-corrected chi connectivity index (χ2v) is 6.48. The zero-order valence-corrected chi connectivity index (χ0v) is 14.0. The molecule has 3 nitrogen and oxygen atoms in total. The molecule has 1 amide bonds. The van der Waals surface area contributed by atoms with Crippen LogP contribution >= 0.6 is 0 Å². The molecule has 0 heterocycles. The summed E-state index contributed by atoms with van der Waals surface area (Å²) in [5.41, 5.74) is 2.40. The summed E-state index contributed by atoms with van der Waals surface area (Å²) >= 11 is 0. The highest BCUT2D eigenvalue weighted by Crippen LogP contribution is 2.19. The van der Waals surface area contributed by atoms with Crippen LogP contribution < -0.4 is 10.1 Å². The first-order valence-corrected chi connectivity index (χ1v) is 8.64. The molecule has 0 aliphatic heterocycles. The molecule has 0 aromatic heterocycles. The molecule has 1 N–H and O–H groups in total. The van der Waals surface area contributed by atoms with Crippen molar-refractivity contribution < 1.29 is 9.53 Å². The molecule has 1 aliphatic rings. The van der Waals surface area contributed by atoms with Gasteiger partial charge in [0.2, 0.25) is 5.91 Å². The summed E-state index contributed by atoms with van der Waals surface area (Å²) in [6.45, 7) is 4.73. The fourth-order valence-electron chi connectivity index (χ4n) is 3.10. The maximum absolute atomic E-state index is 12.0. The van der Waals surface area contributed by atoms with E-state index in [1.54, 1.807) is 0 Å². The van der Waals surface area contributed by atoms with Crippen molar-refractivity contribution in [3.05, 3.63) is 29.3 Å². The Hall–Kier alpha value is -1.51. The van der Waals surface area contributed by atoms with E-state index in [-0.39, 0.29) is 5.91 Å². The van der Waals surface area contributed by atoms with Gasteiger partial charge in [0.1, 0.15) is 5.75 Å². The summed E-state index contributed by atoms with van der Waals surface area (Å²) in [4.78, 5) is 12.0. The Morgan fingerprint density at radius 2 is 1.91 bits per heavy atom. The molecule has 0 bridgehead atoms. The second-order valence-electron chi connectivity index (χ2n) is 6.48. The molecular weight excluding hydrogens is 274 g/mol. The Bertz CT molecular complexity index is 476. The van der Waals surface area contributed by atoms with Crippen molar-refractivity contribution in [2.24, 2.45) is 0 Å². The van der Waals surface area contributed by atoms with Gasteiger partial charge in [-0.25, -0.2) is 0 Å². The summed E-state index contributed by atoms with van der Waals surface area (Å²) in [5.74, 6) is 1.10.